The van der Waals surface area contributed by atoms with Crippen LogP contribution in [0.3, 0.4) is 0 Å². The molecule has 1 aliphatic heterocycles. The van der Waals surface area contributed by atoms with Crippen LogP contribution in [0, 0.1) is 11.8 Å². The predicted molar refractivity (Wildman–Crippen MR) is 90.5 cm³/mol. The second kappa shape index (κ2) is 7.20. The summed E-state index contributed by atoms with van der Waals surface area (Å²) in [7, 11) is 0. The highest BCUT2D eigenvalue weighted by Crippen LogP contribution is 2.50. The van der Waals surface area contributed by atoms with Gasteiger partial charge in [-0.25, -0.2) is 0 Å². The van der Waals surface area contributed by atoms with E-state index in [1.807, 2.05) is 12.1 Å². The molecule has 0 spiro atoms. The maximum atomic E-state index is 12.2. The van der Waals surface area contributed by atoms with Crippen molar-refractivity contribution in [3.63, 3.8) is 0 Å². The van der Waals surface area contributed by atoms with Gasteiger partial charge in [-0.05, 0) is 62.2 Å². The zero-order chi connectivity index (χ0) is 15.5. The highest BCUT2D eigenvalue weighted by molar-refractivity contribution is 6.42. The van der Waals surface area contributed by atoms with Crippen LogP contribution >= 0.6 is 23.2 Å². The first-order valence-corrected chi connectivity index (χ1v) is 8.84. The van der Waals surface area contributed by atoms with Crippen LogP contribution in [-0.4, -0.2) is 25.5 Å². The Balaban J connectivity index is 1.45. The molecule has 0 bridgehead atoms. The molecule has 1 aromatic carbocycles. The van der Waals surface area contributed by atoms with Crippen molar-refractivity contribution in [2.24, 2.45) is 11.8 Å². The van der Waals surface area contributed by atoms with Crippen LogP contribution in [0.15, 0.2) is 18.2 Å². The molecular formula is C17H22Cl2N2O. The lowest BCUT2D eigenvalue weighted by Crippen LogP contribution is -2.33. The van der Waals surface area contributed by atoms with Crippen LogP contribution in [-0.2, 0) is 4.79 Å². The molecule has 1 aromatic rings. The Labute approximate surface area is 141 Å². The minimum Gasteiger partial charge on any atom is -0.356 e. The van der Waals surface area contributed by atoms with E-state index in [1.54, 1.807) is 6.07 Å². The van der Waals surface area contributed by atoms with E-state index in [2.05, 4.69) is 10.6 Å². The monoisotopic (exact) mass is 340 g/mol. The second-order valence-corrected chi connectivity index (χ2v) is 7.17. The van der Waals surface area contributed by atoms with E-state index in [9.17, 15) is 4.79 Å². The number of carbonyl (C=O) groups excluding carboxylic acids is 1. The number of amides is 1. The fourth-order valence-corrected chi connectivity index (χ4v) is 3.78. The van der Waals surface area contributed by atoms with Gasteiger partial charge in [-0.3, -0.25) is 4.79 Å². The summed E-state index contributed by atoms with van der Waals surface area (Å²) >= 11 is 12.3. The van der Waals surface area contributed by atoms with Crippen LogP contribution in [0.5, 0.6) is 0 Å². The second-order valence-electron chi connectivity index (χ2n) is 6.38. The number of halogens is 2. The number of hydrogen-bond acceptors (Lipinski definition) is 2. The van der Waals surface area contributed by atoms with Gasteiger partial charge in [0.15, 0.2) is 0 Å². The molecule has 2 fully saturated rings. The largest absolute Gasteiger partial charge is 0.356 e. The Hall–Kier alpha value is -0.770. The lowest BCUT2D eigenvalue weighted by molar-refractivity contribution is -0.122. The van der Waals surface area contributed by atoms with Crippen molar-refractivity contribution in [2.45, 2.75) is 31.6 Å². The number of rotatable bonds is 5. The highest BCUT2D eigenvalue weighted by Gasteiger charge is 2.44. The molecule has 120 valence electrons. The molecule has 3 unspecified atom stereocenters. The molecule has 0 aromatic heterocycles. The van der Waals surface area contributed by atoms with E-state index in [-0.39, 0.29) is 17.7 Å². The summed E-state index contributed by atoms with van der Waals surface area (Å²) in [5.41, 5.74) is 1.01. The van der Waals surface area contributed by atoms with E-state index in [1.165, 1.54) is 12.8 Å². The third-order valence-corrected chi connectivity index (χ3v) is 5.59. The number of nitrogens with one attached hydrogen (secondary N) is 2. The SMILES string of the molecule is O=C(NCCC1CCCNC1)C1CC1c1cccc(Cl)c1Cl. The fourth-order valence-electron chi connectivity index (χ4n) is 3.34. The van der Waals surface area contributed by atoms with E-state index in [0.717, 1.165) is 38.0 Å². The first kappa shape index (κ1) is 16.1. The molecule has 5 heteroatoms. The Morgan fingerprint density at radius 3 is 3.00 bits per heavy atom. The fraction of sp³-hybridized carbons (Fsp3) is 0.588. The van der Waals surface area contributed by atoms with Crippen molar-refractivity contribution in [2.75, 3.05) is 19.6 Å². The Morgan fingerprint density at radius 2 is 2.23 bits per heavy atom. The molecule has 1 saturated heterocycles. The highest BCUT2D eigenvalue weighted by atomic mass is 35.5. The minimum absolute atomic E-state index is 0.0560. The van der Waals surface area contributed by atoms with Crippen molar-refractivity contribution in [3.05, 3.63) is 33.8 Å². The van der Waals surface area contributed by atoms with Crippen molar-refractivity contribution in [1.82, 2.24) is 10.6 Å². The van der Waals surface area contributed by atoms with E-state index >= 15 is 0 Å². The molecule has 1 aliphatic carbocycles. The summed E-state index contributed by atoms with van der Waals surface area (Å²) in [6.45, 7) is 2.99. The Morgan fingerprint density at radius 1 is 1.36 bits per heavy atom. The molecule has 22 heavy (non-hydrogen) atoms. The standard InChI is InChI=1S/C17H22Cl2N2O/c18-15-5-1-4-12(16(15)19)13-9-14(13)17(22)21-8-6-11-3-2-7-20-10-11/h1,4-5,11,13-14,20H,2-3,6-10H2,(H,21,22). The lowest BCUT2D eigenvalue weighted by Gasteiger charge is -2.22. The van der Waals surface area contributed by atoms with Crippen LogP contribution < -0.4 is 10.6 Å². The Bertz CT molecular complexity index is 543. The van der Waals surface area contributed by atoms with Crippen molar-refractivity contribution in [1.29, 1.82) is 0 Å². The number of carbonyl (C=O) groups is 1. The molecule has 1 saturated carbocycles. The van der Waals surface area contributed by atoms with Crippen LogP contribution in [0.4, 0.5) is 0 Å². The molecule has 3 atom stereocenters. The maximum Gasteiger partial charge on any atom is 0.223 e. The summed E-state index contributed by atoms with van der Waals surface area (Å²) in [5.74, 6) is 1.14. The van der Waals surface area contributed by atoms with E-state index < -0.39 is 0 Å². The molecule has 0 radical (unpaired) electrons. The summed E-state index contributed by atoms with van der Waals surface area (Å²) < 4.78 is 0. The first-order chi connectivity index (χ1) is 10.7. The zero-order valence-corrected chi connectivity index (χ0v) is 14.1. The minimum atomic E-state index is 0.0560. The summed E-state index contributed by atoms with van der Waals surface area (Å²) in [6, 6.07) is 5.65. The van der Waals surface area contributed by atoms with Gasteiger partial charge in [0, 0.05) is 12.5 Å². The Kier molecular flexibility index (Phi) is 5.27. The van der Waals surface area contributed by atoms with E-state index in [0.29, 0.717) is 16.0 Å². The quantitative estimate of drug-likeness (QED) is 0.859. The molecule has 1 heterocycles. The van der Waals surface area contributed by atoms with Gasteiger partial charge < -0.3 is 10.6 Å². The number of benzene rings is 1. The molecule has 3 rings (SSSR count). The molecule has 2 aliphatic rings. The third-order valence-electron chi connectivity index (χ3n) is 4.76. The van der Waals surface area contributed by atoms with Gasteiger partial charge in [-0.2, -0.15) is 0 Å². The average Bonchev–Trinajstić information content (AvgIpc) is 3.31. The van der Waals surface area contributed by atoms with Crippen molar-refractivity contribution in [3.8, 4) is 0 Å². The van der Waals surface area contributed by atoms with Crippen LogP contribution in [0.25, 0.3) is 0 Å². The van der Waals surface area contributed by atoms with Crippen molar-refractivity contribution < 1.29 is 4.79 Å². The van der Waals surface area contributed by atoms with Gasteiger partial charge in [0.2, 0.25) is 5.91 Å². The summed E-state index contributed by atoms with van der Waals surface area (Å²) in [6.07, 6.45) is 4.45. The topological polar surface area (TPSA) is 41.1 Å². The molecule has 3 nitrogen and oxygen atoms in total. The summed E-state index contributed by atoms with van der Waals surface area (Å²) in [5, 5.41) is 7.65. The lowest BCUT2D eigenvalue weighted by atomic mass is 9.96. The normalized spacial score (nSPS) is 27.5. The molecule has 1 amide bonds. The average molecular weight is 341 g/mol. The van der Waals surface area contributed by atoms with Gasteiger partial charge in [-0.15, -0.1) is 0 Å². The van der Waals surface area contributed by atoms with Crippen LogP contribution in [0.2, 0.25) is 10.0 Å². The van der Waals surface area contributed by atoms with Gasteiger partial charge in [0.25, 0.3) is 0 Å². The van der Waals surface area contributed by atoms with E-state index in [4.69, 9.17) is 23.2 Å². The van der Waals surface area contributed by atoms with Gasteiger partial charge in [0.1, 0.15) is 0 Å². The smallest absolute Gasteiger partial charge is 0.223 e. The zero-order valence-electron chi connectivity index (χ0n) is 12.6. The molecule has 2 N–H and O–H groups in total. The molecular weight excluding hydrogens is 319 g/mol. The van der Waals surface area contributed by atoms with Gasteiger partial charge in [0.05, 0.1) is 10.0 Å². The van der Waals surface area contributed by atoms with Gasteiger partial charge >= 0.3 is 0 Å². The summed E-state index contributed by atoms with van der Waals surface area (Å²) in [4.78, 5) is 12.2. The third kappa shape index (κ3) is 3.76. The van der Waals surface area contributed by atoms with Crippen LogP contribution in [0.1, 0.15) is 37.2 Å². The number of piperidine rings is 1. The predicted octanol–water partition coefficient (Wildman–Crippen LogP) is 3.60. The first-order valence-electron chi connectivity index (χ1n) is 8.09. The maximum absolute atomic E-state index is 12.2. The van der Waals surface area contributed by atoms with Gasteiger partial charge in [-0.1, -0.05) is 35.3 Å². The van der Waals surface area contributed by atoms with Crippen molar-refractivity contribution >= 4 is 29.1 Å². The number of hydrogen-bond donors (Lipinski definition) is 2.